The van der Waals surface area contributed by atoms with Gasteiger partial charge >= 0.3 is 0 Å². The van der Waals surface area contributed by atoms with E-state index in [2.05, 4.69) is 15.6 Å². The lowest BCUT2D eigenvalue weighted by Crippen LogP contribution is -2.34. The Labute approximate surface area is 168 Å². The number of carbonyl (C=O) groups excluding carboxylic acids is 2. The van der Waals surface area contributed by atoms with Gasteiger partial charge in [0.15, 0.2) is 5.13 Å². The van der Waals surface area contributed by atoms with Crippen LogP contribution in [0.3, 0.4) is 0 Å². The number of aromatic nitrogens is 1. The molecule has 5 nitrogen and oxygen atoms in total. The highest BCUT2D eigenvalue weighted by Gasteiger charge is 2.18. The number of hydrogen-bond acceptors (Lipinski definition) is 4. The van der Waals surface area contributed by atoms with E-state index < -0.39 is 0 Å². The van der Waals surface area contributed by atoms with Gasteiger partial charge in [-0.1, -0.05) is 37.5 Å². The van der Waals surface area contributed by atoms with Crippen molar-refractivity contribution in [3.05, 3.63) is 46.2 Å². The first-order valence-corrected chi connectivity index (χ1v) is 10.6. The smallest absolute Gasteiger partial charge is 0.245 e. The topological polar surface area (TPSA) is 71.1 Å². The zero-order valence-corrected chi connectivity index (χ0v) is 16.9. The van der Waals surface area contributed by atoms with Crippen LogP contribution in [0.4, 0.5) is 9.52 Å². The maximum Gasteiger partial charge on any atom is 0.245 e. The lowest BCUT2D eigenvalue weighted by atomic mass is 9.87. The summed E-state index contributed by atoms with van der Waals surface area (Å²) < 4.78 is 13.8. The maximum absolute atomic E-state index is 13.8. The molecule has 0 atom stereocenters. The molecule has 2 aromatic rings. The van der Waals surface area contributed by atoms with E-state index in [1.807, 2.05) is 6.92 Å². The lowest BCUT2D eigenvalue weighted by Gasteiger charge is -2.20. The Balaban J connectivity index is 1.47. The molecule has 1 heterocycles. The summed E-state index contributed by atoms with van der Waals surface area (Å²) in [7, 11) is 0. The average Bonchev–Trinajstić information content (AvgIpc) is 3.01. The van der Waals surface area contributed by atoms with Gasteiger partial charge in [-0.2, -0.15) is 0 Å². The molecule has 1 aromatic heterocycles. The number of anilines is 1. The van der Waals surface area contributed by atoms with Crippen molar-refractivity contribution in [1.29, 1.82) is 0 Å². The summed E-state index contributed by atoms with van der Waals surface area (Å²) >= 11 is 1.33. The van der Waals surface area contributed by atoms with Crippen molar-refractivity contribution in [3.63, 3.8) is 0 Å². The highest BCUT2D eigenvalue weighted by molar-refractivity contribution is 7.15. The minimum atomic E-state index is -0.303. The summed E-state index contributed by atoms with van der Waals surface area (Å²) in [5.74, 6) is -0.179. The van der Waals surface area contributed by atoms with Crippen molar-refractivity contribution in [3.8, 4) is 0 Å². The van der Waals surface area contributed by atoms with Gasteiger partial charge in [0.1, 0.15) is 5.82 Å². The summed E-state index contributed by atoms with van der Waals surface area (Å²) in [6, 6.07) is 6.64. The quantitative estimate of drug-likeness (QED) is 0.728. The number of thiazole rings is 1. The van der Waals surface area contributed by atoms with Gasteiger partial charge in [-0.3, -0.25) is 9.59 Å². The molecule has 0 spiro atoms. The molecule has 2 amide bonds. The standard InChI is InChI=1S/C21H26FN3O2S/c1-14-18(12-16-9-5-6-10-17(16)22)28-21(24-14)25-20(27)13-23-19(26)11-15-7-3-2-4-8-15/h5-6,9-10,15H,2-4,7-8,11-13H2,1H3,(H,23,26)(H,24,25,27). The van der Waals surface area contributed by atoms with Crippen molar-refractivity contribution in [1.82, 2.24) is 10.3 Å². The summed E-state index contributed by atoms with van der Waals surface area (Å²) in [6.07, 6.45) is 6.77. The molecule has 0 bridgehead atoms. The predicted octanol–water partition coefficient (Wildman–Crippen LogP) is 4.21. The van der Waals surface area contributed by atoms with E-state index in [1.165, 1.54) is 36.7 Å². The number of rotatable bonds is 7. The Morgan fingerprint density at radius 3 is 2.68 bits per heavy atom. The van der Waals surface area contributed by atoms with Gasteiger partial charge in [-0.25, -0.2) is 9.37 Å². The van der Waals surface area contributed by atoms with Crippen molar-refractivity contribution < 1.29 is 14.0 Å². The maximum atomic E-state index is 13.8. The Morgan fingerprint density at radius 2 is 1.93 bits per heavy atom. The van der Waals surface area contributed by atoms with E-state index >= 15 is 0 Å². The van der Waals surface area contributed by atoms with Crippen LogP contribution in [-0.4, -0.2) is 23.3 Å². The molecule has 28 heavy (non-hydrogen) atoms. The Hall–Kier alpha value is -2.28. The molecule has 1 aromatic carbocycles. The van der Waals surface area contributed by atoms with Crippen LogP contribution in [-0.2, 0) is 16.0 Å². The van der Waals surface area contributed by atoms with E-state index in [-0.39, 0.29) is 24.2 Å². The molecule has 1 saturated carbocycles. The number of amides is 2. The van der Waals surface area contributed by atoms with Crippen LogP contribution in [0.2, 0.25) is 0 Å². The number of nitrogens with one attached hydrogen (secondary N) is 2. The van der Waals surface area contributed by atoms with Gasteiger partial charge in [0.25, 0.3) is 0 Å². The molecular formula is C21H26FN3O2S. The van der Waals surface area contributed by atoms with E-state index in [1.54, 1.807) is 18.2 Å². The minimum Gasteiger partial charge on any atom is -0.347 e. The molecule has 0 saturated heterocycles. The van der Waals surface area contributed by atoms with E-state index in [0.717, 1.165) is 23.4 Å². The summed E-state index contributed by atoms with van der Waals surface area (Å²) in [5.41, 5.74) is 1.37. The number of carbonyl (C=O) groups is 2. The number of nitrogens with zero attached hydrogens (tertiary/aromatic N) is 1. The Morgan fingerprint density at radius 1 is 1.18 bits per heavy atom. The molecule has 2 N–H and O–H groups in total. The van der Waals surface area contributed by atoms with Gasteiger partial charge < -0.3 is 10.6 Å². The number of benzene rings is 1. The summed E-state index contributed by atoms with van der Waals surface area (Å²) in [5, 5.41) is 5.89. The largest absolute Gasteiger partial charge is 0.347 e. The summed E-state index contributed by atoms with van der Waals surface area (Å²) in [4.78, 5) is 29.4. The van der Waals surface area contributed by atoms with Crippen LogP contribution in [0.1, 0.15) is 54.7 Å². The average molecular weight is 404 g/mol. The number of aryl methyl sites for hydroxylation is 1. The second-order valence-electron chi connectivity index (χ2n) is 7.33. The molecule has 0 unspecified atom stereocenters. The highest BCUT2D eigenvalue weighted by Crippen LogP contribution is 2.27. The molecule has 0 aliphatic heterocycles. The van der Waals surface area contributed by atoms with Crippen molar-refractivity contribution >= 4 is 28.3 Å². The van der Waals surface area contributed by atoms with Gasteiger partial charge in [-0.05, 0) is 37.3 Å². The molecule has 1 aliphatic rings. The van der Waals surface area contributed by atoms with E-state index in [9.17, 15) is 14.0 Å². The van der Waals surface area contributed by atoms with Crippen LogP contribution < -0.4 is 10.6 Å². The molecule has 150 valence electrons. The molecular weight excluding hydrogens is 377 g/mol. The molecule has 1 fully saturated rings. The predicted molar refractivity (Wildman–Crippen MR) is 109 cm³/mol. The van der Waals surface area contributed by atoms with E-state index in [0.29, 0.717) is 29.5 Å². The fourth-order valence-electron chi connectivity index (χ4n) is 3.53. The Bertz CT molecular complexity index is 831. The number of halogens is 1. The van der Waals surface area contributed by atoms with Crippen molar-refractivity contribution in [2.24, 2.45) is 5.92 Å². The lowest BCUT2D eigenvalue weighted by molar-refractivity contribution is -0.125. The van der Waals surface area contributed by atoms with E-state index in [4.69, 9.17) is 0 Å². The van der Waals surface area contributed by atoms with Gasteiger partial charge in [0.2, 0.25) is 11.8 Å². The van der Waals surface area contributed by atoms with Gasteiger partial charge in [-0.15, -0.1) is 11.3 Å². The second-order valence-corrected chi connectivity index (χ2v) is 8.41. The zero-order valence-electron chi connectivity index (χ0n) is 16.1. The first-order chi connectivity index (χ1) is 13.5. The van der Waals surface area contributed by atoms with Crippen LogP contribution >= 0.6 is 11.3 Å². The molecule has 1 aliphatic carbocycles. The first-order valence-electron chi connectivity index (χ1n) is 9.77. The normalized spacial score (nSPS) is 14.6. The fourth-order valence-corrected chi connectivity index (χ4v) is 4.53. The summed E-state index contributed by atoms with van der Waals surface area (Å²) in [6.45, 7) is 1.78. The first kappa shape index (κ1) is 20.5. The third-order valence-electron chi connectivity index (χ3n) is 5.09. The fraction of sp³-hybridized carbons (Fsp3) is 0.476. The third-order valence-corrected chi connectivity index (χ3v) is 6.17. The van der Waals surface area contributed by atoms with Gasteiger partial charge in [0, 0.05) is 17.7 Å². The molecule has 7 heteroatoms. The third kappa shape index (κ3) is 5.86. The highest BCUT2D eigenvalue weighted by atomic mass is 32.1. The zero-order chi connectivity index (χ0) is 19.9. The number of hydrogen-bond donors (Lipinski definition) is 2. The van der Waals surface area contributed by atoms with Crippen LogP contribution in [0.5, 0.6) is 0 Å². The monoisotopic (exact) mass is 403 g/mol. The molecule has 0 radical (unpaired) electrons. The Kier molecular flexibility index (Phi) is 7.14. The second kappa shape index (κ2) is 9.78. The van der Waals surface area contributed by atoms with Gasteiger partial charge in [0.05, 0.1) is 12.2 Å². The van der Waals surface area contributed by atoms with Crippen LogP contribution in [0.15, 0.2) is 24.3 Å². The van der Waals surface area contributed by atoms with Crippen LogP contribution in [0, 0.1) is 18.7 Å². The SMILES string of the molecule is Cc1nc(NC(=O)CNC(=O)CC2CCCCC2)sc1Cc1ccccc1F. The minimum absolute atomic E-state index is 0.0627. The molecule has 3 rings (SSSR count). The van der Waals surface area contributed by atoms with Crippen molar-refractivity contribution in [2.75, 3.05) is 11.9 Å². The van der Waals surface area contributed by atoms with Crippen molar-refractivity contribution in [2.45, 2.75) is 51.9 Å². The van der Waals surface area contributed by atoms with Crippen LogP contribution in [0.25, 0.3) is 0 Å².